The number of hydrogen-bond acceptors (Lipinski definition) is 2. The van der Waals surface area contributed by atoms with Gasteiger partial charge in [0.1, 0.15) is 11.6 Å². The van der Waals surface area contributed by atoms with E-state index in [1.807, 2.05) is 6.07 Å². The lowest BCUT2D eigenvalue weighted by Crippen LogP contribution is -2.14. The largest absolute Gasteiger partial charge is 0.365 e. The molecule has 0 saturated heterocycles. The molecule has 3 heteroatoms. The van der Waals surface area contributed by atoms with Gasteiger partial charge in [0.05, 0.1) is 0 Å². The quantitative estimate of drug-likeness (QED) is 0.391. The van der Waals surface area contributed by atoms with Crippen molar-refractivity contribution in [3.8, 4) is 6.07 Å². The van der Waals surface area contributed by atoms with Crippen molar-refractivity contribution >= 4 is 5.91 Å². The molecule has 0 bridgehead atoms. The highest BCUT2D eigenvalue weighted by molar-refractivity contribution is 5.95. The van der Waals surface area contributed by atoms with Gasteiger partial charge in [0, 0.05) is 0 Å². The molecule has 1 aliphatic carbocycles. The minimum absolute atomic E-state index is 0.0836. The van der Waals surface area contributed by atoms with Gasteiger partial charge in [0.2, 0.25) is 0 Å². The summed E-state index contributed by atoms with van der Waals surface area (Å²) in [5.74, 6) is -0.329. The van der Waals surface area contributed by atoms with E-state index >= 15 is 0 Å². The van der Waals surface area contributed by atoms with E-state index < -0.39 is 5.91 Å². The fourth-order valence-corrected chi connectivity index (χ4v) is 1.38. The smallest absolute Gasteiger partial charge is 0.259 e. The average molecular weight is 176 g/mol. The molecule has 3 nitrogen and oxygen atoms in total. The van der Waals surface area contributed by atoms with Crippen LogP contribution in [-0.2, 0) is 4.79 Å². The highest BCUT2D eigenvalue weighted by Crippen LogP contribution is 2.20. The van der Waals surface area contributed by atoms with Crippen LogP contribution in [0.25, 0.3) is 0 Å². The number of allylic oxidation sites excluding steroid dienone is 3. The van der Waals surface area contributed by atoms with Gasteiger partial charge >= 0.3 is 0 Å². The third-order valence-electron chi connectivity index (χ3n) is 2.10. The Morgan fingerprint density at radius 1 is 1.62 bits per heavy atom. The van der Waals surface area contributed by atoms with E-state index in [0.29, 0.717) is 5.92 Å². The van der Waals surface area contributed by atoms with Crippen LogP contribution in [0.15, 0.2) is 23.8 Å². The first-order valence-corrected chi connectivity index (χ1v) is 4.30. The number of carbonyl (C=O) groups excluding carboxylic acids is 1. The Kier molecular flexibility index (Phi) is 3.27. The fraction of sp³-hybridized carbons (Fsp3) is 0.400. The number of primary amides is 1. The summed E-state index contributed by atoms with van der Waals surface area (Å²) in [6.07, 6.45) is 8.78. The molecule has 0 fully saturated rings. The second kappa shape index (κ2) is 4.46. The van der Waals surface area contributed by atoms with Crippen molar-refractivity contribution < 1.29 is 4.79 Å². The molecular weight excluding hydrogens is 164 g/mol. The molecule has 68 valence electrons. The van der Waals surface area contributed by atoms with Gasteiger partial charge in [-0.05, 0) is 25.2 Å². The zero-order valence-corrected chi connectivity index (χ0v) is 7.36. The van der Waals surface area contributed by atoms with E-state index in [2.05, 4.69) is 12.2 Å². The number of amides is 1. The van der Waals surface area contributed by atoms with Crippen LogP contribution < -0.4 is 5.73 Å². The molecule has 0 heterocycles. The lowest BCUT2D eigenvalue weighted by molar-refractivity contribution is -0.114. The topological polar surface area (TPSA) is 66.9 Å². The first-order chi connectivity index (χ1) is 6.24. The van der Waals surface area contributed by atoms with Gasteiger partial charge in [-0.25, -0.2) is 0 Å². The van der Waals surface area contributed by atoms with Gasteiger partial charge in [0.25, 0.3) is 5.91 Å². The minimum Gasteiger partial charge on any atom is -0.365 e. The standard InChI is InChI=1S/C10H12N2O/c11-7-9(10(12)13)6-8-4-2-1-3-5-8/h1-2,6,8H,3-5H2,(H2,12,13)/b9-6-. The van der Waals surface area contributed by atoms with E-state index in [-0.39, 0.29) is 5.57 Å². The fourth-order valence-electron chi connectivity index (χ4n) is 1.38. The molecule has 2 N–H and O–H groups in total. The normalized spacial score (nSPS) is 22.4. The number of nitrogens with two attached hydrogens (primary N) is 1. The third-order valence-corrected chi connectivity index (χ3v) is 2.10. The van der Waals surface area contributed by atoms with Crippen LogP contribution in [-0.4, -0.2) is 5.91 Å². The van der Waals surface area contributed by atoms with Crippen LogP contribution in [0.4, 0.5) is 0 Å². The van der Waals surface area contributed by atoms with E-state index in [0.717, 1.165) is 19.3 Å². The van der Waals surface area contributed by atoms with Crippen molar-refractivity contribution in [2.24, 2.45) is 11.7 Å². The van der Waals surface area contributed by atoms with Gasteiger partial charge in [0.15, 0.2) is 0 Å². The average Bonchev–Trinajstić information content (AvgIpc) is 2.15. The van der Waals surface area contributed by atoms with E-state index in [9.17, 15) is 4.79 Å². The summed E-state index contributed by atoms with van der Waals surface area (Å²) in [5.41, 5.74) is 5.10. The molecule has 13 heavy (non-hydrogen) atoms. The van der Waals surface area contributed by atoms with E-state index in [1.165, 1.54) is 0 Å². The summed E-state index contributed by atoms with van der Waals surface area (Å²) in [6, 6.07) is 1.81. The summed E-state index contributed by atoms with van der Waals surface area (Å²) in [5, 5.41) is 8.59. The Morgan fingerprint density at radius 2 is 2.38 bits per heavy atom. The first kappa shape index (κ1) is 9.53. The molecule has 0 aromatic rings. The lowest BCUT2D eigenvalue weighted by Gasteiger charge is -2.12. The molecule has 1 amide bonds. The van der Waals surface area contributed by atoms with Crippen LogP contribution in [0.5, 0.6) is 0 Å². The Morgan fingerprint density at radius 3 is 2.85 bits per heavy atom. The predicted molar refractivity (Wildman–Crippen MR) is 49.4 cm³/mol. The Hall–Kier alpha value is -1.56. The lowest BCUT2D eigenvalue weighted by atomic mass is 9.92. The van der Waals surface area contributed by atoms with Crippen molar-refractivity contribution in [3.63, 3.8) is 0 Å². The van der Waals surface area contributed by atoms with E-state index in [1.54, 1.807) is 6.08 Å². The van der Waals surface area contributed by atoms with Gasteiger partial charge in [-0.3, -0.25) is 4.79 Å². The van der Waals surface area contributed by atoms with Crippen molar-refractivity contribution in [2.45, 2.75) is 19.3 Å². The third kappa shape index (κ3) is 2.75. The minimum atomic E-state index is -0.628. The molecule has 0 spiro atoms. The number of hydrogen-bond donors (Lipinski definition) is 1. The van der Waals surface area contributed by atoms with Gasteiger partial charge < -0.3 is 5.73 Å². The van der Waals surface area contributed by atoms with Crippen LogP contribution in [0.1, 0.15) is 19.3 Å². The van der Waals surface area contributed by atoms with Crippen molar-refractivity contribution in [3.05, 3.63) is 23.8 Å². The molecule has 0 aromatic carbocycles. The maximum Gasteiger partial charge on any atom is 0.259 e. The SMILES string of the molecule is N#C/C(=C/C1CC=CCC1)C(N)=O. The highest BCUT2D eigenvalue weighted by atomic mass is 16.1. The maximum absolute atomic E-state index is 10.7. The monoisotopic (exact) mass is 176 g/mol. The Labute approximate surface area is 77.5 Å². The number of nitrogens with zero attached hydrogens (tertiary/aromatic N) is 1. The van der Waals surface area contributed by atoms with Crippen molar-refractivity contribution in [2.75, 3.05) is 0 Å². The second-order valence-corrected chi connectivity index (χ2v) is 3.10. The predicted octanol–water partition coefficient (Wildman–Crippen LogP) is 1.28. The molecule has 1 aliphatic rings. The summed E-state index contributed by atoms with van der Waals surface area (Å²) in [6.45, 7) is 0. The molecule has 1 atom stereocenters. The molecule has 0 aliphatic heterocycles. The van der Waals surface area contributed by atoms with Crippen LogP contribution in [0.3, 0.4) is 0 Å². The number of carbonyl (C=O) groups is 1. The molecule has 0 radical (unpaired) electrons. The van der Waals surface area contributed by atoms with Crippen LogP contribution >= 0.6 is 0 Å². The highest BCUT2D eigenvalue weighted by Gasteiger charge is 2.10. The molecule has 1 rings (SSSR count). The molecule has 0 aromatic heterocycles. The molecule has 1 unspecified atom stereocenters. The second-order valence-electron chi connectivity index (χ2n) is 3.10. The summed E-state index contributed by atoms with van der Waals surface area (Å²) < 4.78 is 0. The number of rotatable bonds is 2. The van der Waals surface area contributed by atoms with Crippen LogP contribution in [0, 0.1) is 17.2 Å². The number of nitriles is 1. The van der Waals surface area contributed by atoms with Crippen molar-refractivity contribution in [1.82, 2.24) is 0 Å². The van der Waals surface area contributed by atoms with Gasteiger partial charge in [-0.15, -0.1) is 0 Å². The van der Waals surface area contributed by atoms with Gasteiger partial charge in [-0.2, -0.15) is 5.26 Å². The summed E-state index contributed by atoms with van der Waals surface area (Å²) in [4.78, 5) is 10.7. The van der Waals surface area contributed by atoms with Crippen LogP contribution in [0.2, 0.25) is 0 Å². The summed E-state index contributed by atoms with van der Waals surface area (Å²) in [7, 11) is 0. The Balaban J connectivity index is 2.68. The first-order valence-electron chi connectivity index (χ1n) is 4.30. The zero-order valence-electron chi connectivity index (χ0n) is 7.36. The van der Waals surface area contributed by atoms with Gasteiger partial charge in [-0.1, -0.05) is 18.2 Å². The van der Waals surface area contributed by atoms with Crippen molar-refractivity contribution in [1.29, 1.82) is 5.26 Å². The Bertz CT molecular complexity index is 297. The zero-order chi connectivity index (χ0) is 9.68. The summed E-state index contributed by atoms with van der Waals surface area (Å²) >= 11 is 0. The molecular formula is C10H12N2O. The van der Waals surface area contributed by atoms with E-state index in [4.69, 9.17) is 11.0 Å². The maximum atomic E-state index is 10.7. The molecule has 0 saturated carbocycles.